The molecule has 0 aromatic rings. The lowest BCUT2D eigenvalue weighted by molar-refractivity contribution is -0.0461. The fourth-order valence-electron chi connectivity index (χ4n) is 4.01. The summed E-state index contributed by atoms with van der Waals surface area (Å²) in [6.07, 6.45) is 10.4. The van der Waals surface area contributed by atoms with Gasteiger partial charge in [-0.1, -0.05) is 18.9 Å². The quantitative estimate of drug-likeness (QED) is 0.716. The number of ether oxygens (including phenoxy) is 2. The number of hydrogen-bond donors (Lipinski definition) is 0. The molecule has 0 radical (unpaired) electrons. The molecule has 0 aromatic carbocycles. The van der Waals surface area contributed by atoms with Gasteiger partial charge in [0.1, 0.15) is 0 Å². The fraction of sp³-hybridized carbons (Fsp3) is 0.867. The summed E-state index contributed by atoms with van der Waals surface area (Å²) in [6, 6.07) is 1.37. The van der Waals surface area contributed by atoms with Gasteiger partial charge in [-0.25, -0.2) is 0 Å². The average Bonchev–Trinajstić information content (AvgIpc) is 2.96. The predicted molar refractivity (Wildman–Crippen MR) is 71.7 cm³/mol. The van der Waals surface area contributed by atoms with E-state index in [-0.39, 0.29) is 6.10 Å². The third-order valence-electron chi connectivity index (χ3n) is 4.80. The minimum atomic E-state index is 0.270. The van der Waals surface area contributed by atoms with Gasteiger partial charge in [-0.05, 0) is 25.7 Å². The van der Waals surface area contributed by atoms with E-state index in [2.05, 4.69) is 11.5 Å². The lowest BCUT2D eigenvalue weighted by Gasteiger charge is -2.35. The second-order valence-corrected chi connectivity index (χ2v) is 5.82. The van der Waals surface area contributed by atoms with Gasteiger partial charge >= 0.3 is 0 Å². The smallest absolute Gasteiger partial charge is 0.0995 e. The van der Waals surface area contributed by atoms with Crippen molar-refractivity contribution in [2.75, 3.05) is 19.8 Å². The predicted octanol–water partition coefficient (Wildman–Crippen LogP) is 2.36. The van der Waals surface area contributed by atoms with Gasteiger partial charge in [0.2, 0.25) is 0 Å². The monoisotopic (exact) mass is 251 g/mol. The van der Waals surface area contributed by atoms with Crippen molar-refractivity contribution >= 4 is 0 Å². The van der Waals surface area contributed by atoms with Gasteiger partial charge in [0, 0.05) is 18.6 Å². The molecule has 3 fully saturated rings. The first-order valence-corrected chi connectivity index (χ1v) is 7.50. The molecular weight excluding hydrogens is 226 g/mol. The van der Waals surface area contributed by atoms with Crippen LogP contribution in [0, 0.1) is 0 Å². The zero-order chi connectivity index (χ0) is 12.4. The Labute approximate surface area is 110 Å². The Balaban J connectivity index is 1.72. The van der Waals surface area contributed by atoms with Crippen molar-refractivity contribution in [3.63, 3.8) is 0 Å². The van der Waals surface area contributed by atoms with Crippen molar-refractivity contribution in [3.05, 3.63) is 12.7 Å². The molecule has 3 atom stereocenters. The Kier molecular flexibility index (Phi) is 4.02. The van der Waals surface area contributed by atoms with E-state index in [4.69, 9.17) is 9.47 Å². The van der Waals surface area contributed by atoms with Crippen molar-refractivity contribution < 1.29 is 9.47 Å². The summed E-state index contributed by atoms with van der Waals surface area (Å²) in [6.45, 7) is 6.39. The molecule has 3 rings (SSSR count). The normalized spacial score (nSPS) is 37.9. The summed E-state index contributed by atoms with van der Waals surface area (Å²) in [5.74, 6) is 0. The molecule has 3 aliphatic rings. The van der Waals surface area contributed by atoms with Crippen LogP contribution in [0.3, 0.4) is 0 Å². The maximum atomic E-state index is 6.00. The first kappa shape index (κ1) is 12.6. The van der Waals surface area contributed by atoms with E-state index in [0.717, 1.165) is 25.6 Å². The Morgan fingerprint density at radius 3 is 2.83 bits per heavy atom. The highest BCUT2D eigenvalue weighted by molar-refractivity contribution is 4.98. The van der Waals surface area contributed by atoms with Crippen molar-refractivity contribution in [1.82, 2.24) is 4.90 Å². The first-order valence-electron chi connectivity index (χ1n) is 7.50. The van der Waals surface area contributed by atoms with E-state index in [1.54, 1.807) is 0 Å². The van der Waals surface area contributed by atoms with Gasteiger partial charge in [0.05, 0.1) is 25.4 Å². The van der Waals surface area contributed by atoms with Crippen molar-refractivity contribution in [2.45, 2.75) is 62.8 Å². The molecule has 1 saturated heterocycles. The Hall–Kier alpha value is -0.380. The van der Waals surface area contributed by atoms with Gasteiger partial charge in [0.25, 0.3) is 0 Å². The lowest BCUT2D eigenvalue weighted by atomic mass is 10.1. The highest BCUT2D eigenvalue weighted by Crippen LogP contribution is 2.36. The van der Waals surface area contributed by atoms with Crippen LogP contribution < -0.4 is 0 Å². The molecule has 0 aromatic heterocycles. The molecule has 102 valence electrons. The van der Waals surface area contributed by atoms with Gasteiger partial charge in [-0.15, -0.1) is 6.58 Å². The van der Waals surface area contributed by atoms with Gasteiger partial charge in [0.15, 0.2) is 0 Å². The van der Waals surface area contributed by atoms with Crippen LogP contribution in [0.25, 0.3) is 0 Å². The van der Waals surface area contributed by atoms with Crippen LogP contribution in [0.4, 0.5) is 0 Å². The highest BCUT2D eigenvalue weighted by atomic mass is 16.5. The van der Waals surface area contributed by atoms with Crippen LogP contribution in [0.1, 0.15) is 38.5 Å². The summed E-state index contributed by atoms with van der Waals surface area (Å²) in [5.41, 5.74) is 0. The van der Waals surface area contributed by atoms with E-state index in [1.807, 2.05) is 6.08 Å². The molecule has 1 heterocycles. The first-order chi connectivity index (χ1) is 8.90. The molecule has 3 heteroatoms. The molecule has 1 aliphatic heterocycles. The van der Waals surface area contributed by atoms with E-state index >= 15 is 0 Å². The largest absolute Gasteiger partial charge is 0.374 e. The SMILES string of the molecule is C=CCOC1C2CCC1N(C1CCCC1)CCO2. The maximum absolute atomic E-state index is 6.00. The summed E-state index contributed by atoms with van der Waals surface area (Å²) in [5, 5.41) is 0. The molecule has 18 heavy (non-hydrogen) atoms. The highest BCUT2D eigenvalue weighted by Gasteiger charge is 2.45. The zero-order valence-electron chi connectivity index (χ0n) is 11.2. The topological polar surface area (TPSA) is 21.7 Å². The number of nitrogens with zero attached hydrogens (tertiary/aromatic N) is 1. The van der Waals surface area contributed by atoms with Crippen LogP contribution in [0.5, 0.6) is 0 Å². The zero-order valence-corrected chi connectivity index (χ0v) is 11.2. The summed E-state index contributed by atoms with van der Waals surface area (Å²) >= 11 is 0. The second-order valence-electron chi connectivity index (χ2n) is 5.82. The molecule has 3 unspecified atom stereocenters. The Morgan fingerprint density at radius 2 is 2.06 bits per heavy atom. The van der Waals surface area contributed by atoms with Crippen LogP contribution in [-0.2, 0) is 9.47 Å². The van der Waals surface area contributed by atoms with Crippen LogP contribution >= 0.6 is 0 Å². The number of fused-ring (bicyclic) bond motifs is 2. The van der Waals surface area contributed by atoms with Gasteiger partial charge in [-0.2, -0.15) is 0 Å². The molecule has 2 bridgehead atoms. The lowest BCUT2D eigenvalue weighted by Crippen LogP contribution is -2.47. The third-order valence-corrected chi connectivity index (χ3v) is 4.80. The minimum Gasteiger partial charge on any atom is -0.374 e. The van der Waals surface area contributed by atoms with Crippen LogP contribution in [-0.4, -0.2) is 49.0 Å². The minimum absolute atomic E-state index is 0.270. The molecule has 0 amide bonds. The van der Waals surface area contributed by atoms with Crippen LogP contribution in [0.2, 0.25) is 0 Å². The van der Waals surface area contributed by atoms with Crippen molar-refractivity contribution in [1.29, 1.82) is 0 Å². The Bertz CT molecular complexity index is 288. The molecule has 0 N–H and O–H groups in total. The van der Waals surface area contributed by atoms with E-state index in [9.17, 15) is 0 Å². The fourth-order valence-corrected chi connectivity index (χ4v) is 4.01. The van der Waals surface area contributed by atoms with Crippen molar-refractivity contribution in [2.24, 2.45) is 0 Å². The molecule has 3 nitrogen and oxygen atoms in total. The van der Waals surface area contributed by atoms with Gasteiger partial charge < -0.3 is 9.47 Å². The standard InChI is InChI=1S/C15H25NO2/c1-2-10-18-15-13-7-8-14(15)17-11-9-16(13)12-5-3-4-6-12/h2,12-15H,1,3-11H2. The molecule has 0 spiro atoms. The summed E-state index contributed by atoms with van der Waals surface area (Å²) in [4.78, 5) is 2.70. The third kappa shape index (κ3) is 2.36. The van der Waals surface area contributed by atoms with Gasteiger partial charge in [-0.3, -0.25) is 4.90 Å². The molecule has 2 aliphatic carbocycles. The van der Waals surface area contributed by atoms with E-state index in [1.165, 1.54) is 32.1 Å². The average molecular weight is 251 g/mol. The Morgan fingerprint density at radius 1 is 1.22 bits per heavy atom. The maximum Gasteiger partial charge on any atom is 0.0995 e. The number of rotatable bonds is 4. The van der Waals surface area contributed by atoms with E-state index in [0.29, 0.717) is 18.8 Å². The molecule has 2 saturated carbocycles. The van der Waals surface area contributed by atoms with Crippen molar-refractivity contribution in [3.8, 4) is 0 Å². The molecular formula is C15H25NO2. The van der Waals surface area contributed by atoms with E-state index < -0.39 is 0 Å². The van der Waals surface area contributed by atoms with Crippen LogP contribution in [0.15, 0.2) is 12.7 Å². The summed E-state index contributed by atoms with van der Waals surface area (Å²) in [7, 11) is 0. The summed E-state index contributed by atoms with van der Waals surface area (Å²) < 4.78 is 12.0. The second kappa shape index (κ2) is 5.72. The number of hydrogen-bond acceptors (Lipinski definition) is 3.